The Morgan fingerprint density at radius 2 is 2.05 bits per heavy atom. The number of carbonyl (C=O) groups excluding carboxylic acids is 1. The molecule has 0 bridgehead atoms. The van der Waals surface area contributed by atoms with Gasteiger partial charge in [0.15, 0.2) is 0 Å². The zero-order valence-electron chi connectivity index (χ0n) is 12.7. The zero-order valence-corrected chi connectivity index (χ0v) is 12.7. The minimum absolute atomic E-state index is 0.111. The molecule has 1 fully saturated rings. The van der Waals surface area contributed by atoms with Gasteiger partial charge in [-0.3, -0.25) is 4.79 Å². The topological polar surface area (TPSA) is 73.6 Å². The zero-order chi connectivity index (χ0) is 15.2. The number of benzene rings is 1. The summed E-state index contributed by atoms with van der Waals surface area (Å²) in [5.74, 6) is 1.44. The smallest absolute Gasteiger partial charge is 0.255 e. The summed E-state index contributed by atoms with van der Waals surface area (Å²) < 4.78 is 10.4. The quantitative estimate of drug-likeness (QED) is 0.870. The van der Waals surface area contributed by atoms with Gasteiger partial charge in [-0.15, -0.1) is 0 Å². The molecular formula is C16H24N2O3. The average Bonchev–Trinajstić information content (AvgIpc) is 2.54. The molecule has 0 saturated heterocycles. The van der Waals surface area contributed by atoms with Gasteiger partial charge in [0, 0.05) is 12.1 Å². The highest BCUT2D eigenvalue weighted by atomic mass is 16.5. The molecule has 1 aromatic rings. The number of nitrogens with one attached hydrogen (secondary N) is 1. The van der Waals surface area contributed by atoms with Gasteiger partial charge in [-0.1, -0.05) is 12.8 Å². The van der Waals surface area contributed by atoms with Gasteiger partial charge in [-0.2, -0.15) is 0 Å². The summed E-state index contributed by atoms with van der Waals surface area (Å²) in [6.07, 6.45) is 4.41. The first-order valence-electron chi connectivity index (χ1n) is 7.42. The predicted octanol–water partition coefficient (Wildman–Crippen LogP) is 1.95. The Morgan fingerprint density at radius 1 is 1.29 bits per heavy atom. The number of methoxy groups -OCH3 is 2. The van der Waals surface area contributed by atoms with Crippen LogP contribution < -0.4 is 20.5 Å². The van der Waals surface area contributed by atoms with Crippen LogP contribution in [0.5, 0.6) is 11.5 Å². The molecule has 116 valence electrons. The van der Waals surface area contributed by atoms with Crippen molar-refractivity contribution in [2.45, 2.75) is 31.7 Å². The summed E-state index contributed by atoms with van der Waals surface area (Å²) in [5.41, 5.74) is 6.34. The third-order valence-electron chi connectivity index (χ3n) is 4.18. The molecule has 1 amide bonds. The van der Waals surface area contributed by atoms with Crippen molar-refractivity contribution in [1.29, 1.82) is 0 Å². The molecule has 5 heteroatoms. The number of nitrogens with two attached hydrogens (primary N) is 1. The fourth-order valence-corrected chi connectivity index (χ4v) is 2.91. The average molecular weight is 292 g/mol. The van der Waals surface area contributed by atoms with E-state index in [4.69, 9.17) is 15.2 Å². The molecule has 0 aromatic heterocycles. The van der Waals surface area contributed by atoms with Crippen molar-refractivity contribution in [3.8, 4) is 11.5 Å². The van der Waals surface area contributed by atoms with Gasteiger partial charge >= 0.3 is 0 Å². The Labute approximate surface area is 125 Å². The van der Waals surface area contributed by atoms with Crippen molar-refractivity contribution in [2.24, 2.45) is 11.7 Å². The monoisotopic (exact) mass is 292 g/mol. The first-order valence-corrected chi connectivity index (χ1v) is 7.42. The first-order chi connectivity index (χ1) is 10.2. The molecule has 2 unspecified atom stereocenters. The number of amides is 1. The minimum atomic E-state index is -0.111. The van der Waals surface area contributed by atoms with Crippen LogP contribution in [0.3, 0.4) is 0 Å². The second-order valence-electron chi connectivity index (χ2n) is 5.43. The molecule has 2 rings (SSSR count). The fraction of sp³-hybridized carbons (Fsp3) is 0.562. The standard InChI is InChI=1S/C16H24N2O3/c1-20-12-7-8-13(15(9-12)21-2)16(19)18-14-6-4-3-5-11(14)10-17/h7-9,11,14H,3-6,10,17H2,1-2H3,(H,18,19). The lowest BCUT2D eigenvalue weighted by atomic mass is 9.84. The largest absolute Gasteiger partial charge is 0.497 e. The van der Waals surface area contributed by atoms with E-state index in [1.165, 1.54) is 6.42 Å². The molecule has 1 saturated carbocycles. The van der Waals surface area contributed by atoms with E-state index in [-0.39, 0.29) is 11.9 Å². The van der Waals surface area contributed by atoms with E-state index in [1.807, 2.05) is 0 Å². The van der Waals surface area contributed by atoms with Crippen molar-refractivity contribution in [3.63, 3.8) is 0 Å². The van der Waals surface area contributed by atoms with Crippen LogP contribution in [0.1, 0.15) is 36.0 Å². The van der Waals surface area contributed by atoms with Crippen LogP contribution in [0.2, 0.25) is 0 Å². The van der Waals surface area contributed by atoms with Gasteiger partial charge in [-0.05, 0) is 37.4 Å². The molecule has 1 aliphatic carbocycles. The first kappa shape index (κ1) is 15.6. The Bertz CT molecular complexity index is 490. The molecular weight excluding hydrogens is 268 g/mol. The molecule has 0 spiro atoms. The highest BCUT2D eigenvalue weighted by molar-refractivity contribution is 5.97. The van der Waals surface area contributed by atoms with Crippen LogP contribution in [-0.4, -0.2) is 32.7 Å². The van der Waals surface area contributed by atoms with Crippen molar-refractivity contribution < 1.29 is 14.3 Å². The minimum Gasteiger partial charge on any atom is -0.497 e. The molecule has 0 heterocycles. The van der Waals surface area contributed by atoms with Gasteiger partial charge in [0.25, 0.3) is 5.91 Å². The highest BCUT2D eigenvalue weighted by Gasteiger charge is 2.26. The number of ether oxygens (including phenoxy) is 2. The maximum absolute atomic E-state index is 12.5. The van der Waals surface area contributed by atoms with Gasteiger partial charge < -0.3 is 20.5 Å². The van der Waals surface area contributed by atoms with E-state index in [1.54, 1.807) is 32.4 Å². The fourth-order valence-electron chi connectivity index (χ4n) is 2.91. The van der Waals surface area contributed by atoms with Crippen molar-refractivity contribution in [3.05, 3.63) is 23.8 Å². The second-order valence-corrected chi connectivity index (χ2v) is 5.43. The van der Waals surface area contributed by atoms with Crippen molar-refractivity contribution >= 4 is 5.91 Å². The summed E-state index contributed by atoms with van der Waals surface area (Å²) in [4.78, 5) is 12.5. The summed E-state index contributed by atoms with van der Waals surface area (Å²) in [6.45, 7) is 0.616. The number of carbonyl (C=O) groups is 1. The number of hydrogen-bond acceptors (Lipinski definition) is 4. The van der Waals surface area contributed by atoms with Gasteiger partial charge in [0.05, 0.1) is 19.8 Å². The second kappa shape index (κ2) is 7.31. The van der Waals surface area contributed by atoms with Crippen LogP contribution in [0, 0.1) is 5.92 Å². The van der Waals surface area contributed by atoms with Crippen molar-refractivity contribution in [1.82, 2.24) is 5.32 Å². The Hall–Kier alpha value is -1.75. The molecule has 1 aliphatic rings. The maximum atomic E-state index is 12.5. The highest BCUT2D eigenvalue weighted by Crippen LogP contribution is 2.27. The van der Waals surface area contributed by atoms with Crippen LogP contribution in [0.15, 0.2) is 18.2 Å². The Kier molecular flexibility index (Phi) is 5.44. The van der Waals surface area contributed by atoms with E-state index in [0.29, 0.717) is 29.5 Å². The van der Waals surface area contributed by atoms with E-state index in [9.17, 15) is 4.79 Å². The van der Waals surface area contributed by atoms with Crippen LogP contribution in [0.25, 0.3) is 0 Å². The lowest BCUT2D eigenvalue weighted by Gasteiger charge is -2.31. The summed E-state index contributed by atoms with van der Waals surface area (Å²) in [7, 11) is 3.14. The third-order valence-corrected chi connectivity index (χ3v) is 4.18. The lowest BCUT2D eigenvalue weighted by molar-refractivity contribution is 0.0905. The number of rotatable bonds is 5. The van der Waals surface area contributed by atoms with Gasteiger partial charge in [0.1, 0.15) is 11.5 Å². The Morgan fingerprint density at radius 3 is 2.71 bits per heavy atom. The number of hydrogen-bond donors (Lipinski definition) is 2. The maximum Gasteiger partial charge on any atom is 0.255 e. The van der Waals surface area contributed by atoms with E-state index < -0.39 is 0 Å². The summed E-state index contributed by atoms with van der Waals surface area (Å²) >= 11 is 0. The van der Waals surface area contributed by atoms with E-state index >= 15 is 0 Å². The third kappa shape index (κ3) is 3.67. The summed E-state index contributed by atoms with van der Waals surface area (Å²) in [6, 6.07) is 5.37. The molecule has 21 heavy (non-hydrogen) atoms. The predicted molar refractivity (Wildman–Crippen MR) is 81.8 cm³/mol. The van der Waals surface area contributed by atoms with Crippen molar-refractivity contribution in [2.75, 3.05) is 20.8 Å². The molecule has 3 N–H and O–H groups in total. The van der Waals surface area contributed by atoms with Crippen LogP contribution in [-0.2, 0) is 0 Å². The lowest BCUT2D eigenvalue weighted by Crippen LogP contribution is -2.44. The molecule has 5 nitrogen and oxygen atoms in total. The molecule has 2 atom stereocenters. The van der Waals surface area contributed by atoms with Gasteiger partial charge in [-0.25, -0.2) is 0 Å². The van der Waals surface area contributed by atoms with Crippen LogP contribution >= 0.6 is 0 Å². The van der Waals surface area contributed by atoms with Gasteiger partial charge in [0.2, 0.25) is 0 Å². The molecule has 0 radical (unpaired) electrons. The normalized spacial score (nSPS) is 21.7. The molecule has 1 aromatic carbocycles. The SMILES string of the molecule is COc1ccc(C(=O)NC2CCCCC2CN)c(OC)c1. The van der Waals surface area contributed by atoms with E-state index in [0.717, 1.165) is 19.3 Å². The van der Waals surface area contributed by atoms with Crippen LogP contribution in [0.4, 0.5) is 0 Å². The summed E-state index contributed by atoms with van der Waals surface area (Å²) in [5, 5.41) is 3.11. The Balaban J connectivity index is 2.12. The molecule has 0 aliphatic heterocycles. The van der Waals surface area contributed by atoms with E-state index in [2.05, 4.69) is 5.32 Å².